The molecule has 172 valence electrons. The minimum absolute atomic E-state index is 0.00699. The van der Waals surface area contributed by atoms with Gasteiger partial charge in [0.1, 0.15) is 5.75 Å². The standard InChI is InChI=1S/C25H28N4O4/c1-33-21-4-2-19(3-5-21)25(8-9-25)24(32)28-15-20(16-28)29-14-18(12-22(29)30)23(31)27-13-17-6-10-26-11-7-17/h2-7,10-11,18,20H,8-9,12-16H2,1H3,(H,27,31). The van der Waals surface area contributed by atoms with Crippen molar-refractivity contribution in [2.24, 2.45) is 5.92 Å². The molecule has 8 heteroatoms. The molecule has 0 radical (unpaired) electrons. The number of amides is 3. The minimum Gasteiger partial charge on any atom is -0.497 e. The summed E-state index contributed by atoms with van der Waals surface area (Å²) in [6.07, 6.45) is 5.30. The number of carbonyl (C=O) groups is 3. The van der Waals surface area contributed by atoms with Crippen molar-refractivity contribution in [1.29, 1.82) is 0 Å². The van der Waals surface area contributed by atoms with E-state index in [1.54, 1.807) is 24.4 Å². The van der Waals surface area contributed by atoms with Gasteiger partial charge in [-0.1, -0.05) is 12.1 Å². The highest BCUT2D eigenvalue weighted by atomic mass is 16.5. The molecule has 2 aromatic rings. The van der Waals surface area contributed by atoms with E-state index in [1.165, 1.54) is 0 Å². The first kappa shape index (κ1) is 21.4. The third-order valence-corrected chi connectivity index (χ3v) is 7.14. The van der Waals surface area contributed by atoms with Gasteiger partial charge in [-0.05, 0) is 48.2 Å². The van der Waals surface area contributed by atoms with Gasteiger partial charge in [-0.3, -0.25) is 19.4 Å². The van der Waals surface area contributed by atoms with Gasteiger partial charge in [0.05, 0.1) is 24.5 Å². The molecular formula is C25H28N4O4. The molecule has 8 nitrogen and oxygen atoms in total. The molecule has 1 atom stereocenters. The average molecular weight is 449 g/mol. The number of rotatable bonds is 7. The lowest BCUT2D eigenvalue weighted by molar-refractivity contribution is -0.146. The van der Waals surface area contributed by atoms with Gasteiger partial charge in [-0.15, -0.1) is 0 Å². The second kappa shape index (κ2) is 8.50. The zero-order chi connectivity index (χ0) is 23.0. The number of ether oxygens (including phenoxy) is 1. The molecule has 0 bridgehead atoms. The van der Waals surface area contributed by atoms with Crippen LogP contribution in [0.2, 0.25) is 0 Å². The number of benzene rings is 1. The fraction of sp³-hybridized carbons (Fsp3) is 0.440. The molecular weight excluding hydrogens is 420 g/mol. The van der Waals surface area contributed by atoms with E-state index >= 15 is 0 Å². The molecule has 1 saturated carbocycles. The molecule has 1 aromatic carbocycles. The highest BCUT2D eigenvalue weighted by molar-refractivity contribution is 5.93. The number of methoxy groups -OCH3 is 1. The number of nitrogens with zero attached hydrogens (tertiary/aromatic N) is 3. The Hall–Kier alpha value is -3.42. The lowest BCUT2D eigenvalue weighted by atomic mass is 9.92. The third-order valence-electron chi connectivity index (χ3n) is 7.14. The third kappa shape index (κ3) is 4.05. The predicted octanol–water partition coefficient (Wildman–Crippen LogP) is 1.50. The molecule has 3 fully saturated rings. The summed E-state index contributed by atoms with van der Waals surface area (Å²) in [7, 11) is 1.63. The van der Waals surface area contributed by atoms with E-state index < -0.39 is 5.41 Å². The summed E-state index contributed by atoms with van der Waals surface area (Å²) in [4.78, 5) is 46.0. The van der Waals surface area contributed by atoms with Gasteiger partial charge in [0.15, 0.2) is 0 Å². The van der Waals surface area contributed by atoms with Crippen LogP contribution in [0.1, 0.15) is 30.4 Å². The van der Waals surface area contributed by atoms with Crippen molar-refractivity contribution in [1.82, 2.24) is 20.1 Å². The van der Waals surface area contributed by atoms with Crippen LogP contribution in [0.3, 0.4) is 0 Å². The van der Waals surface area contributed by atoms with Gasteiger partial charge in [0, 0.05) is 45.0 Å². The summed E-state index contributed by atoms with van der Waals surface area (Å²) in [5, 5.41) is 2.92. The first-order chi connectivity index (χ1) is 16.0. The molecule has 2 saturated heterocycles. The molecule has 2 aliphatic heterocycles. The van der Waals surface area contributed by atoms with Crippen LogP contribution in [0.5, 0.6) is 5.75 Å². The monoisotopic (exact) mass is 448 g/mol. The van der Waals surface area contributed by atoms with Crippen molar-refractivity contribution in [3.05, 3.63) is 59.9 Å². The summed E-state index contributed by atoms with van der Waals surface area (Å²) < 4.78 is 5.22. The number of carbonyl (C=O) groups excluding carboxylic acids is 3. The summed E-state index contributed by atoms with van der Waals surface area (Å²) in [5.74, 6) is 0.456. The summed E-state index contributed by atoms with van der Waals surface area (Å²) >= 11 is 0. The average Bonchev–Trinajstić information content (AvgIpc) is 3.55. The van der Waals surface area contributed by atoms with Crippen LogP contribution in [0.15, 0.2) is 48.8 Å². The highest BCUT2D eigenvalue weighted by Gasteiger charge is 2.55. The molecule has 1 N–H and O–H groups in total. The zero-order valence-electron chi connectivity index (χ0n) is 18.7. The van der Waals surface area contributed by atoms with Crippen LogP contribution in [0, 0.1) is 5.92 Å². The van der Waals surface area contributed by atoms with E-state index in [1.807, 2.05) is 41.3 Å². The minimum atomic E-state index is -0.429. The molecule has 33 heavy (non-hydrogen) atoms. The Bertz CT molecular complexity index is 1050. The Labute approximate surface area is 192 Å². The van der Waals surface area contributed by atoms with Crippen LogP contribution in [0.4, 0.5) is 0 Å². The Morgan fingerprint density at radius 3 is 2.42 bits per heavy atom. The van der Waals surface area contributed by atoms with Gasteiger partial charge in [-0.25, -0.2) is 0 Å². The molecule has 0 spiro atoms. The molecule has 5 rings (SSSR count). The van der Waals surface area contributed by atoms with E-state index in [4.69, 9.17) is 4.74 Å². The van der Waals surface area contributed by atoms with Crippen LogP contribution in [-0.2, 0) is 26.3 Å². The fourth-order valence-electron chi connectivity index (χ4n) is 4.88. The van der Waals surface area contributed by atoms with Crippen molar-refractivity contribution >= 4 is 17.7 Å². The van der Waals surface area contributed by atoms with Gasteiger partial charge in [-0.2, -0.15) is 0 Å². The molecule has 1 aromatic heterocycles. The summed E-state index contributed by atoms with van der Waals surface area (Å²) in [6.45, 7) is 1.91. The molecule has 1 unspecified atom stereocenters. The molecule has 3 aliphatic rings. The Morgan fingerprint density at radius 2 is 1.79 bits per heavy atom. The lowest BCUT2D eigenvalue weighted by Gasteiger charge is -2.45. The molecule has 3 heterocycles. The number of aromatic nitrogens is 1. The highest BCUT2D eigenvalue weighted by Crippen LogP contribution is 2.50. The van der Waals surface area contributed by atoms with E-state index in [0.29, 0.717) is 26.2 Å². The number of likely N-dealkylation sites (tertiary alicyclic amines) is 2. The number of nitrogens with one attached hydrogen (secondary N) is 1. The van der Waals surface area contributed by atoms with Gasteiger partial charge < -0.3 is 19.9 Å². The molecule has 3 amide bonds. The number of hydrogen-bond acceptors (Lipinski definition) is 5. The second-order valence-corrected chi connectivity index (χ2v) is 9.19. The molecule has 1 aliphatic carbocycles. The quantitative estimate of drug-likeness (QED) is 0.693. The second-order valence-electron chi connectivity index (χ2n) is 9.19. The maximum absolute atomic E-state index is 13.2. The van der Waals surface area contributed by atoms with Crippen molar-refractivity contribution in [3.8, 4) is 5.75 Å². The normalized spacial score (nSPS) is 21.5. The van der Waals surface area contributed by atoms with Crippen molar-refractivity contribution < 1.29 is 19.1 Å². The maximum Gasteiger partial charge on any atom is 0.233 e. The SMILES string of the molecule is COc1ccc(C2(C(=O)N3CC(N4CC(C(=O)NCc5ccncc5)CC4=O)C3)CC2)cc1. The van der Waals surface area contributed by atoms with Crippen LogP contribution < -0.4 is 10.1 Å². The van der Waals surface area contributed by atoms with Gasteiger partial charge in [0.2, 0.25) is 17.7 Å². The van der Waals surface area contributed by atoms with Crippen molar-refractivity contribution in [2.45, 2.75) is 37.3 Å². The fourth-order valence-corrected chi connectivity index (χ4v) is 4.88. The first-order valence-electron chi connectivity index (χ1n) is 11.4. The van der Waals surface area contributed by atoms with Crippen molar-refractivity contribution in [3.63, 3.8) is 0 Å². The Morgan fingerprint density at radius 1 is 1.09 bits per heavy atom. The van der Waals surface area contributed by atoms with E-state index in [-0.39, 0.29) is 36.1 Å². The maximum atomic E-state index is 13.2. The number of pyridine rings is 1. The topological polar surface area (TPSA) is 91.8 Å². The predicted molar refractivity (Wildman–Crippen MR) is 120 cm³/mol. The van der Waals surface area contributed by atoms with E-state index in [9.17, 15) is 14.4 Å². The van der Waals surface area contributed by atoms with E-state index in [0.717, 1.165) is 29.7 Å². The van der Waals surface area contributed by atoms with Crippen LogP contribution >= 0.6 is 0 Å². The Kier molecular flexibility index (Phi) is 5.52. The largest absolute Gasteiger partial charge is 0.497 e. The van der Waals surface area contributed by atoms with Gasteiger partial charge >= 0.3 is 0 Å². The smallest absolute Gasteiger partial charge is 0.233 e. The Balaban J connectivity index is 1.14. The van der Waals surface area contributed by atoms with Gasteiger partial charge in [0.25, 0.3) is 0 Å². The van der Waals surface area contributed by atoms with Crippen LogP contribution in [0.25, 0.3) is 0 Å². The van der Waals surface area contributed by atoms with Crippen molar-refractivity contribution in [2.75, 3.05) is 26.7 Å². The first-order valence-corrected chi connectivity index (χ1v) is 11.4. The zero-order valence-corrected chi connectivity index (χ0v) is 18.7. The van der Waals surface area contributed by atoms with E-state index in [2.05, 4.69) is 10.3 Å². The lowest BCUT2D eigenvalue weighted by Crippen LogP contribution is -2.63. The summed E-state index contributed by atoms with van der Waals surface area (Å²) in [5.41, 5.74) is 1.57. The van der Waals surface area contributed by atoms with Crippen LogP contribution in [-0.4, -0.2) is 65.3 Å². The summed E-state index contributed by atoms with van der Waals surface area (Å²) in [6, 6.07) is 11.4. The number of hydrogen-bond donors (Lipinski definition) is 1.